The normalized spacial score (nSPS) is 10.6. The predicted octanol–water partition coefficient (Wildman–Crippen LogP) is 0.534. The highest BCUT2D eigenvalue weighted by Gasteiger charge is 2.06. The summed E-state index contributed by atoms with van der Waals surface area (Å²) in [5.41, 5.74) is 7.02. The number of rotatable bonds is 2. The number of hydrogen-bond acceptors (Lipinski definition) is 4. The van der Waals surface area contributed by atoms with Crippen LogP contribution < -0.4 is 5.73 Å². The van der Waals surface area contributed by atoms with Gasteiger partial charge in [0.05, 0.1) is 17.5 Å². The molecular weight excluding hydrogens is 168 g/mol. The maximum atomic E-state index is 5.40. The summed E-state index contributed by atoms with van der Waals surface area (Å²) in [5.74, 6) is 0.563. The fraction of sp³-hybridized carbons (Fsp3) is 0.250. The Morgan fingerprint density at radius 2 is 2.46 bits per heavy atom. The third kappa shape index (κ3) is 1.46. The molecule has 0 atom stereocenters. The van der Waals surface area contributed by atoms with E-state index in [0.717, 1.165) is 11.3 Å². The van der Waals surface area contributed by atoms with Crippen molar-refractivity contribution in [2.75, 3.05) is 0 Å². The third-order valence-electron chi connectivity index (χ3n) is 1.71. The summed E-state index contributed by atoms with van der Waals surface area (Å²) in [6, 6.07) is 0. The van der Waals surface area contributed by atoms with Crippen molar-refractivity contribution in [3.63, 3.8) is 0 Å². The van der Waals surface area contributed by atoms with Gasteiger partial charge in [-0.1, -0.05) is 0 Å². The molecule has 0 aliphatic rings. The average Bonchev–Trinajstić information content (AvgIpc) is 2.71. The molecule has 0 amide bonds. The summed E-state index contributed by atoms with van der Waals surface area (Å²) < 4.78 is 6.91. The molecule has 0 bridgehead atoms. The lowest BCUT2D eigenvalue weighted by Crippen LogP contribution is -1.95. The van der Waals surface area contributed by atoms with Crippen LogP contribution in [-0.2, 0) is 13.6 Å². The van der Waals surface area contributed by atoms with Gasteiger partial charge in [0.2, 0.25) is 5.89 Å². The Labute approximate surface area is 75.2 Å². The zero-order valence-corrected chi connectivity index (χ0v) is 7.27. The minimum Gasteiger partial charge on any atom is -0.444 e. The molecule has 5 nitrogen and oxygen atoms in total. The van der Waals surface area contributed by atoms with E-state index in [1.165, 1.54) is 0 Å². The van der Waals surface area contributed by atoms with Crippen LogP contribution in [-0.4, -0.2) is 14.8 Å². The largest absolute Gasteiger partial charge is 0.444 e. The van der Waals surface area contributed by atoms with E-state index in [1.807, 2.05) is 13.2 Å². The quantitative estimate of drug-likeness (QED) is 0.728. The molecule has 2 heterocycles. The second-order valence-corrected chi connectivity index (χ2v) is 2.75. The number of hydrogen-bond donors (Lipinski definition) is 1. The molecule has 2 N–H and O–H groups in total. The second kappa shape index (κ2) is 3.02. The van der Waals surface area contributed by atoms with E-state index in [9.17, 15) is 0 Å². The second-order valence-electron chi connectivity index (χ2n) is 2.75. The summed E-state index contributed by atoms with van der Waals surface area (Å²) in [6.07, 6.45) is 5.10. The number of aryl methyl sites for hydroxylation is 1. The standard InChI is InChI=1S/C8H10N4O/c1-12-4-6(3-10-12)8-11-7(2-9)5-13-8/h3-5H,2,9H2,1H3. The topological polar surface area (TPSA) is 69.9 Å². The van der Waals surface area contributed by atoms with Crippen LogP contribution in [0.4, 0.5) is 0 Å². The lowest BCUT2D eigenvalue weighted by Gasteiger charge is -1.85. The zero-order valence-electron chi connectivity index (χ0n) is 7.27. The van der Waals surface area contributed by atoms with Gasteiger partial charge in [-0.05, 0) is 0 Å². The zero-order chi connectivity index (χ0) is 9.26. The maximum absolute atomic E-state index is 5.40. The van der Waals surface area contributed by atoms with Crippen LogP contribution in [0.5, 0.6) is 0 Å². The molecule has 0 radical (unpaired) electrons. The van der Waals surface area contributed by atoms with Gasteiger partial charge in [-0.25, -0.2) is 4.98 Å². The summed E-state index contributed by atoms with van der Waals surface area (Å²) in [6.45, 7) is 0.393. The van der Waals surface area contributed by atoms with Crippen molar-refractivity contribution >= 4 is 0 Å². The Morgan fingerprint density at radius 3 is 3.00 bits per heavy atom. The van der Waals surface area contributed by atoms with Gasteiger partial charge >= 0.3 is 0 Å². The van der Waals surface area contributed by atoms with E-state index in [2.05, 4.69) is 10.1 Å². The third-order valence-corrected chi connectivity index (χ3v) is 1.71. The molecule has 2 rings (SSSR count). The highest BCUT2D eigenvalue weighted by molar-refractivity contribution is 5.49. The van der Waals surface area contributed by atoms with Gasteiger partial charge in [0.15, 0.2) is 0 Å². The van der Waals surface area contributed by atoms with Crippen molar-refractivity contribution in [2.24, 2.45) is 12.8 Å². The van der Waals surface area contributed by atoms with Crippen LogP contribution in [0.25, 0.3) is 11.5 Å². The first-order valence-corrected chi connectivity index (χ1v) is 3.93. The average molecular weight is 178 g/mol. The lowest BCUT2D eigenvalue weighted by atomic mass is 10.4. The van der Waals surface area contributed by atoms with Gasteiger partial charge in [0, 0.05) is 19.8 Å². The van der Waals surface area contributed by atoms with Crippen LogP contribution in [0, 0.1) is 0 Å². The Kier molecular flexibility index (Phi) is 1.86. The van der Waals surface area contributed by atoms with Crippen LogP contribution in [0.15, 0.2) is 23.1 Å². The van der Waals surface area contributed by atoms with Crippen molar-refractivity contribution in [2.45, 2.75) is 6.54 Å². The Morgan fingerprint density at radius 1 is 1.62 bits per heavy atom. The molecular formula is C8H10N4O. The van der Waals surface area contributed by atoms with Crippen LogP contribution >= 0.6 is 0 Å². The van der Waals surface area contributed by atoms with E-state index in [-0.39, 0.29) is 0 Å². The van der Waals surface area contributed by atoms with Gasteiger partial charge in [-0.15, -0.1) is 0 Å². The van der Waals surface area contributed by atoms with Crippen molar-refractivity contribution in [1.82, 2.24) is 14.8 Å². The minimum atomic E-state index is 0.393. The minimum absolute atomic E-state index is 0.393. The van der Waals surface area contributed by atoms with Crippen molar-refractivity contribution in [3.05, 3.63) is 24.4 Å². The van der Waals surface area contributed by atoms with E-state index in [1.54, 1.807) is 17.1 Å². The van der Waals surface area contributed by atoms with Crippen LogP contribution in [0.1, 0.15) is 5.69 Å². The molecule has 0 saturated carbocycles. The molecule has 0 aliphatic heterocycles. The number of aromatic nitrogens is 3. The molecule has 13 heavy (non-hydrogen) atoms. The number of nitrogens with zero attached hydrogens (tertiary/aromatic N) is 3. The fourth-order valence-corrected chi connectivity index (χ4v) is 1.06. The summed E-state index contributed by atoms with van der Waals surface area (Å²) in [7, 11) is 1.84. The summed E-state index contributed by atoms with van der Waals surface area (Å²) in [4.78, 5) is 4.17. The molecule has 0 saturated heterocycles. The van der Waals surface area contributed by atoms with E-state index in [0.29, 0.717) is 12.4 Å². The SMILES string of the molecule is Cn1cc(-c2nc(CN)co2)cn1. The first kappa shape index (κ1) is 8.00. The molecule has 0 fully saturated rings. The number of nitrogens with two attached hydrogens (primary N) is 1. The van der Waals surface area contributed by atoms with Crippen molar-refractivity contribution in [1.29, 1.82) is 0 Å². The molecule has 5 heteroatoms. The summed E-state index contributed by atoms with van der Waals surface area (Å²) >= 11 is 0. The smallest absolute Gasteiger partial charge is 0.229 e. The van der Waals surface area contributed by atoms with E-state index >= 15 is 0 Å². The van der Waals surface area contributed by atoms with Crippen molar-refractivity contribution in [3.8, 4) is 11.5 Å². The Hall–Kier alpha value is -1.62. The monoisotopic (exact) mass is 178 g/mol. The molecule has 0 aromatic carbocycles. The van der Waals surface area contributed by atoms with Crippen LogP contribution in [0.3, 0.4) is 0 Å². The Bertz CT molecular complexity index is 404. The molecule has 0 spiro atoms. The predicted molar refractivity (Wildman–Crippen MR) is 46.6 cm³/mol. The van der Waals surface area contributed by atoms with Crippen molar-refractivity contribution < 1.29 is 4.42 Å². The lowest BCUT2D eigenvalue weighted by molar-refractivity contribution is 0.572. The molecule has 2 aromatic rings. The highest BCUT2D eigenvalue weighted by Crippen LogP contribution is 2.16. The van der Waals surface area contributed by atoms with Gasteiger partial charge in [0.25, 0.3) is 0 Å². The molecule has 0 unspecified atom stereocenters. The first-order valence-electron chi connectivity index (χ1n) is 3.93. The maximum Gasteiger partial charge on any atom is 0.229 e. The highest BCUT2D eigenvalue weighted by atomic mass is 16.3. The fourth-order valence-electron chi connectivity index (χ4n) is 1.06. The first-order chi connectivity index (χ1) is 6.29. The number of oxazole rings is 1. The van der Waals surface area contributed by atoms with E-state index < -0.39 is 0 Å². The summed E-state index contributed by atoms with van der Waals surface area (Å²) in [5, 5.41) is 4.01. The molecule has 2 aromatic heterocycles. The molecule has 68 valence electrons. The molecule has 0 aliphatic carbocycles. The van der Waals surface area contributed by atoms with Gasteiger partial charge in [-0.2, -0.15) is 5.10 Å². The van der Waals surface area contributed by atoms with Gasteiger partial charge in [0.1, 0.15) is 6.26 Å². The van der Waals surface area contributed by atoms with E-state index in [4.69, 9.17) is 10.2 Å². The van der Waals surface area contributed by atoms with Gasteiger partial charge < -0.3 is 10.2 Å². The van der Waals surface area contributed by atoms with Gasteiger partial charge in [-0.3, -0.25) is 4.68 Å². The Balaban J connectivity index is 2.35. The van der Waals surface area contributed by atoms with Crippen LogP contribution in [0.2, 0.25) is 0 Å².